The first kappa shape index (κ1) is 31.6. The molecule has 0 spiro atoms. The molecule has 0 N–H and O–H groups in total. The molecule has 0 amide bonds. The lowest BCUT2D eigenvalue weighted by Crippen LogP contribution is -2.11. The van der Waals surface area contributed by atoms with Gasteiger partial charge in [-0.25, -0.2) is 0 Å². The Hall–Kier alpha value is -6.94. The van der Waals surface area contributed by atoms with E-state index in [1.165, 1.54) is 53.2 Å². The molecule has 55 heavy (non-hydrogen) atoms. The average Bonchev–Trinajstić information content (AvgIpc) is 3.83. The van der Waals surface area contributed by atoms with Gasteiger partial charge < -0.3 is 9.32 Å². The van der Waals surface area contributed by atoms with Gasteiger partial charge in [-0.2, -0.15) is 0 Å². The van der Waals surface area contributed by atoms with E-state index in [2.05, 4.69) is 193 Å². The summed E-state index contributed by atoms with van der Waals surface area (Å²) in [4.78, 5) is 2.46. The topological polar surface area (TPSA) is 16.4 Å². The standard InChI is InChI=1S/C52H33NOS/c1-2-14-34(15-3-1)38-21-10-16-36-17-11-23-43(50(36)38)40-18-4-7-26-46(40)53(47-27-13-25-45-42-20-6-9-29-49(42)55-52(45)47)37-32-30-35(31-33-37)39-22-12-24-44-41-19-5-8-28-48(41)54-51(39)44/h1-33H. The van der Waals surface area contributed by atoms with Crippen LogP contribution in [-0.2, 0) is 0 Å². The second-order valence-electron chi connectivity index (χ2n) is 14.0. The lowest BCUT2D eigenvalue weighted by atomic mass is 9.90. The summed E-state index contributed by atoms with van der Waals surface area (Å²) < 4.78 is 9.01. The van der Waals surface area contributed by atoms with Crippen LogP contribution in [0.5, 0.6) is 0 Å². The predicted octanol–water partition coefficient (Wildman–Crippen LogP) is 15.6. The number of anilines is 3. The number of hydrogen-bond acceptors (Lipinski definition) is 3. The molecule has 0 unspecified atom stereocenters. The van der Waals surface area contributed by atoms with Gasteiger partial charge in [0.25, 0.3) is 0 Å². The molecule has 0 atom stereocenters. The first-order valence-corrected chi connectivity index (χ1v) is 19.5. The van der Waals surface area contributed by atoms with Crippen molar-refractivity contribution in [1.82, 2.24) is 0 Å². The molecule has 0 aliphatic carbocycles. The number of fused-ring (bicyclic) bond motifs is 7. The molecule has 0 saturated heterocycles. The summed E-state index contributed by atoms with van der Waals surface area (Å²) in [5, 5.41) is 7.29. The minimum Gasteiger partial charge on any atom is -0.455 e. The highest BCUT2D eigenvalue weighted by Crippen LogP contribution is 2.49. The van der Waals surface area contributed by atoms with Gasteiger partial charge in [0.05, 0.1) is 16.1 Å². The van der Waals surface area contributed by atoms with Crippen molar-refractivity contribution in [3.63, 3.8) is 0 Å². The maximum Gasteiger partial charge on any atom is 0.143 e. The first-order valence-electron chi connectivity index (χ1n) is 18.7. The lowest BCUT2D eigenvalue weighted by Gasteiger charge is -2.29. The van der Waals surface area contributed by atoms with E-state index in [0.29, 0.717) is 0 Å². The number of benzene rings is 9. The van der Waals surface area contributed by atoms with Gasteiger partial charge in [-0.15, -0.1) is 11.3 Å². The van der Waals surface area contributed by atoms with Crippen molar-refractivity contribution in [2.75, 3.05) is 4.90 Å². The van der Waals surface area contributed by atoms with Crippen molar-refractivity contribution in [3.8, 4) is 33.4 Å². The fraction of sp³-hybridized carbons (Fsp3) is 0. The summed E-state index contributed by atoms with van der Waals surface area (Å²) >= 11 is 1.86. The van der Waals surface area contributed by atoms with Crippen LogP contribution >= 0.6 is 11.3 Å². The molecule has 0 fully saturated rings. The van der Waals surface area contributed by atoms with Crippen LogP contribution in [0.25, 0.3) is 86.3 Å². The van der Waals surface area contributed by atoms with E-state index in [1.807, 2.05) is 23.5 Å². The number of thiophene rings is 1. The third-order valence-corrected chi connectivity index (χ3v) is 12.1. The summed E-state index contributed by atoms with van der Waals surface area (Å²) in [6.45, 7) is 0. The molecule has 3 heteroatoms. The molecule has 0 saturated carbocycles. The summed E-state index contributed by atoms with van der Waals surface area (Å²) in [5.41, 5.74) is 12.2. The highest BCUT2D eigenvalue weighted by molar-refractivity contribution is 7.26. The van der Waals surface area contributed by atoms with Crippen LogP contribution in [0.15, 0.2) is 205 Å². The van der Waals surface area contributed by atoms with Crippen LogP contribution in [0.3, 0.4) is 0 Å². The maximum atomic E-state index is 6.46. The Labute approximate surface area is 322 Å². The molecular weight excluding hydrogens is 687 g/mol. The van der Waals surface area contributed by atoms with E-state index in [1.54, 1.807) is 0 Å². The fourth-order valence-corrected chi connectivity index (χ4v) is 9.61. The minimum atomic E-state index is 0.907. The van der Waals surface area contributed by atoms with Crippen molar-refractivity contribution in [1.29, 1.82) is 0 Å². The van der Waals surface area contributed by atoms with Gasteiger partial charge in [0.15, 0.2) is 0 Å². The highest BCUT2D eigenvalue weighted by atomic mass is 32.1. The molecule has 258 valence electrons. The monoisotopic (exact) mass is 719 g/mol. The van der Waals surface area contributed by atoms with Crippen LogP contribution in [0.2, 0.25) is 0 Å². The summed E-state index contributed by atoms with van der Waals surface area (Å²) in [6, 6.07) is 72.2. The third kappa shape index (κ3) is 5.16. The second kappa shape index (κ2) is 12.9. The zero-order valence-electron chi connectivity index (χ0n) is 29.8. The van der Waals surface area contributed by atoms with Crippen molar-refractivity contribution in [2.24, 2.45) is 0 Å². The van der Waals surface area contributed by atoms with Gasteiger partial charge in [-0.3, -0.25) is 0 Å². The van der Waals surface area contributed by atoms with Gasteiger partial charge in [-0.05, 0) is 69.4 Å². The van der Waals surface area contributed by atoms with E-state index in [0.717, 1.165) is 50.1 Å². The average molecular weight is 720 g/mol. The lowest BCUT2D eigenvalue weighted by molar-refractivity contribution is 0.670. The Morgan fingerprint density at radius 1 is 0.382 bits per heavy atom. The summed E-state index contributed by atoms with van der Waals surface area (Å²) in [6.07, 6.45) is 0. The Morgan fingerprint density at radius 2 is 0.982 bits per heavy atom. The molecule has 11 aromatic rings. The molecule has 11 rings (SSSR count). The quantitative estimate of drug-likeness (QED) is 0.170. The molecular formula is C52H33NOS. The van der Waals surface area contributed by atoms with Gasteiger partial charge in [0.1, 0.15) is 11.2 Å². The van der Waals surface area contributed by atoms with Crippen LogP contribution in [0.1, 0.15) is 0 Å². The normalized spacial score (nSPS) is 11.6. The Balaban J connectivity index is 1.14. The van der Waals surface area contributed by atoms with Crippen LogP contribution < -0.4 is 4.90 Å². The molecule has 2 aromatic heterocycles. The SMILES string of the molecule is c1ccc(-c2cccc3cccc(-c4ccccc4N(c4ccc(-c5cccc6c5oc5ccccc56)cc4)c4cccc5c4sc4ccccc45)c23)cc1. The Bertz CT molecular complexity index is 3200. The summed E-state index contributed by atoms with van der Waals surface area (Å²) in [5.74, 6) is 0. The van der Waals surface area contributed by atoms with E-state index < -0.39 is 0 Å². The van der Waals surface area contributed by atoms with E-state index in [-0.39, 0.29) is 0 Å². The van der Waals surface area contributed by atoms with Gasteiger partial charge >= 0.3 is 0 Å². The van der Waals surface area contributed by atoms with Crippen LogP contribution in [0, 0.1) is 0 Å². The highest BCUT2D eigenvalue weighted by Gasteiger charge is 2.23. The Kier molecular flexibility index (Phi) is 7.39. The van der Waals surface area contributed by atoms with E-state index in [9.17, 15) is 0 Å². The second-order valence-corrected chi connectivity index (χ2v) is 15.1. The summed E-state index contributed by atoms with van der Waals surface area (Å²) in [7, 11) is 0. The fourth-order valence-electron chi connectivity index (χ4n) is 8.40. The molecule has 0 aliphatic heterocycles. The van der Waals surface area contributed by atoms with Crippen molar-refractivity contribution < 1.29 is 4.42 Å². The molecule has 2 heterocycles. The number of furan rings is 1. The number of nitrogens with zero attached hydrogens (tertiary/aromatic N) is 1. The molecule has 9 aromatic carbocycles. The van der Waals surface area contributed by atoms with E-state index >= 15 is 0 Å². The zero-order valence-corrected chi connectivity index (χ0v) is 30.6. The maximum absolute atomic E-state index is 6.46. The first-order chi connectivity index (χ1) is 27.3. The number of rotatable bonds is 6. The minimum absolute atomic E-state index is 0.907. The smallest absolute Gasteiger partial charge is 0.143 e. The van der Waals surface area contributed by atoms with Crippen molar-refractivity contribution in [3.05, 3.63) is 200 Å². The largest absolute Gasteiger partial charge is 0.455 e. The third-order valence-electron chi connectivity index (χ3n) is 10.9. The predicted molar refractivity (Wildman–Crippen MR) is 235 cm³/mol. The van der Waals surface area contributed by atoms with Gasteiger partial charge in [0, 0.05) is 43.1 Å². The van der Waals surface area contributed by atoms with Crippen molar-refractivity contribution in [2.45, 2.75) is 0 Å². The molecule has 0 bridgehead atoms. The van der Waals surface area contributed by atoms with Gasteiger partial charge in [0.2, 0.25) is 0 Å². The molecule has 0 radical (unpaired) electrons. The van der Waals surface area contributed by atoms with Gasteiger partial charge in [-0.1, -0.05) is 164 Å². The zero-order chi connectivity index (χ0) is 36.3. The van der Waals surface area contributed by atoms with Crippen LogP contribution in [-0.4, -0.2) is 0 Å². The number of para-hydroxylation sites is 3. The van der Waals surface area contributed by atoms with Crippen molar-refractivity contribution >= 4 is 81.3 Å². The molecule has 0 aliphatic rings. The molecule has 2 nitrogen and oxygen atoms in total. The Morgan fingerprint density at radius 3 is 1.85 bits per heavy atom. The van der Waals surface area contributed by atoms with Crippen LogP contribution in [0.4, 0.5) is 17.1 Å². The number of hydrogen-bond donors (Lipinski definition) is 0. The van der Waals surface area contributed by atoms with E-state index in [4.69, 9.17) is 4.42 Å².